The monoisotopic (exact) mass is 242 g/mol. The van der Waals surface area contributed by atoms with E-state index in [1.54, 1.807) is 19.3 Å². The molecule has 6 nitrogen and oxygen atoms in total. The quantitative estimate of drug-likeness (QED) is 0.480. The van der Waals surface area contributed by atoms with Crippen molar-refractivity contribution < 1.29 is 4.92 Å². The Morgan fingerprint density at radius 1 is 1.69 bits per heavy atom. The van der Waals surface area contributed by atoms with Gasteiger partial charge in [-0.05, 0) is 11.6 Å². The molecule has 1 rings (SSSR count). The van der Waals surface area contributed by atoms with Crippen LogP contribution in [0.25, 0.3) is 0 Å². The van der Waals surface area contributed by atoms with Gasteiger partial charge < -0.3 is 5.01 Å². The fourth-order valence-electron chi connectivity index (χ4n) is 0.934. The molecule has 0 aliphatic rings. The van der Waals surface area contributed by atoms with E-state index < -0.39 is 4.92 Å². The number of rotatable bonds is 5. The molecule has 1 aromatic heterocycles. The van der Waals surface area contributed by atoms with Gasteiger partial charge in [0.1, 0.15) is 5.15 Å². The van der Waals surface area contributed by atoms with Gasteiger partial charge in [0.2, 0.25) is 0 Å². The van der Waals surface area contributed by atoms with Crippen LogP contribution in [0.3, 0.4) is 0 Å². The van der Waals surface area contributed by atoms with Crippen molar-refractivity contribution in [3.63, 3.8) is 0 Å². The molecule has 1 N–H and O–H groups in total. The van der Waals surface area contributed by atoms with Crippen LogP contribution in [-0.4, -0.2) is 22.0 Å². The first-order chi connectivity index (χ1) is 7.58. The van der Waals surface area contributed by atoms with Gasteiger partial charge in [0, 0.05) is 19.8 Å². The number of aromatic nitrogens is 1. The number of hydrogen-bond donors (Lipinski definition) is 1. The second-order valence-corrected chi connectivity index (χ2v) is 3.41. The fraction of sp³-hybridized carbons (Fsp3) is 0.222. The van der Waals surface area contributed by atoms with Crippen molar-refractivity contribution in [2.75, 3.05) is 7.05 Å². The van der Waals surface area contributed by atoms with Gasteiger partial charge in [0.05, 0.1) is 11.1 Å². The van der Waals surface area contributed by atoms with Crippen molar-refractivity contribution in [3.8, 4) is 0 Å². The SMILES string of the molecule is CN(C=C[N+](=O)[O-])NCc1ccc(Cl)nc1. The summed E-state index contributed by atoms with van der Waals surface area (Å²) in [6.07, 6.45) is 3.82. The molecular formula is C9H11ClN4O2. The molecule has 0 saturated heterocycles. The summed E-state index contributed by atoms with van der Waals surface area (Å²) in [5, 5.41) is 12.0. The molecule has 0 bridgehead atoms. The molecule has 0 aromatic carbocycles. The molecule has 7 heteroatoms. The molecule has 1 aromatic rings. The molecule has 16 heavy (non-hydrogen) atoms. The lowest BCUT2D eigenvalue weighted by Gasteiger charge is -2.13. The summed E-state index contributed by atoms with van der Waals surface area (Å²) in [4.78, 5) is 13.4. The van der Waals surface area contributed by atoms with E-state index in [0.29, 0.717) is 11.7 Å². The lowest BCUT2D eigenvalue weighted by molar-refractivity contribution is -0.403. The third-order valence-corrected chi connectivity index (χ3v) is 1.96. The molecule has 0 amide bonds. The van der Waals surface area contributed by atoms with Gasteiger partial charge >= 0.3 is 0 Å². The summed E-state index contributed by atoms with van der Waals surface area (Å²) in [6.45, 7) is 0.517. The molecular weight excluding hydrogens is 232 g/mol. The summed E-state index contributed by atoms with van der Waals surface area (Å²) < 4.78 is 0. The van der Waals surface area contributed by atoms with E-state index in [0.717, 1.165) is 11.8 Å². The zero-order chi connectivity index (χ0) is 12.0. The van der Waals surface area contributed by atoms with Crippen molar-refractivity contribution in [1.29, 1.82) is 0 Å². The van der Waals surface area contributed by atoms with Gasteiger partial charge in [-0.2, -0.15) is 0 Å². The highest BCUT2D eigenvalue weighted by molar-refractivity contribution is 6.29. The second-order valence-electron chi connectivity index (χ2n) is 3.02. The Balaban J connectivity index is 2.39. The first kappa shape index (κ1) is 12.4. The average Bonchev–Trinajstić information content (AvgIpc) is 2.25. The Morgan fingerprint density at radius 3 is 3.00 bits per heavy atom. The van der Waals surface area contributed by atoms with Crippen LogP contribution in [0.5, 0.6) is 0 Å². The van der Waals surface area contributed by atoms with Gasteiger partial charge in [-0.1, -0.05) is 17.7 Å². The van der Waals surface area contributed by atoms with Crippen molar-refractivity contribution in [2.45, 2.75) is 6.54 Å². The van der Waals surface area contributed by atoms with Crippen molar-refractivity contribution in [3.05, 3.63) is 51.6 Å². The maximum atomic E-state index is 10.1. The Hall–Kier alpha value is -1.66. The number of hydrazine groups is 1. The average molecular weight is 243 g/mol. The lowest BCUT2D eigenvalue weighted by atomic mass is 10.3. The smallest absolute Gasteiger partial charge is 0.251 e. The van der Waals surface area contributed by atoms with E-state index in [-0.39, 0.29) is 0 Å². The first-order valence-corrected chi connectivity index (χ1v) is 4.84. The van der Waals surface area contributed by atoms with Gasteiger partial charge in [0.25, 0.3) is 6.20 Å². The second kappa shape index (κ2) is 6.04. The van der Waals surface area contributed by atoms with Gasteiger partial charge in [-0.25, -0.2) is 10.4 Å². The predicted molar refractivity (Wildman–Crippen MR) is 60.0 cm³/mol. The topological polar surface area (TPSA) is 71.3 Å². The standard InChI is InChI=1S/C9H11ClN4O2/c1-13(4-5-14(15)16)12-7-8-2-3-9(10)11-6-8/h2-6,12H,7H2,1H3. The fourth-order valence-corrected chi connectivity index (χ4v) is 1.05. The number of nitrogens with one attached hydrogen (secondary N) is 1. The molecule has 0 spiro atoms. The largest absolute Gasteiger partial charge is 0.312 e. The summed E-state index contributed by atoms with van der Waals surface area (Å²) in [5.74, 6) is 0. The number of halogens is 1. The lowest BCUT2D eigenvalue weighted by Crippen LogP contribution is -2.29. The number of nitro groups is 1. The molecule has 0 unspecified atom stereocenters. The number of hydrogen-bond acceptors (Lipinski definition) is 5. The summed E-state index contributed by atoms with van der Waals surface area (Å²) >= 11 is 5.63. The minimum absolute atomic E-state index is 0.436. The van der Waals surface area contributed by atoms with Crippen LogP contribution in [0.15, 0.2) is 30.7 Å². The zero-order valence-corrected chi connectivity index (χ0v) is 9.39. The van der Waals surface area contributed by atoms with E-state index in [4.69, 9.17) is 11.6 Å². The molecule has 86 valence electrons. The van der Waals surface area contributed by atoms with Crippen molar-refractivity contribution >= 4 is 11.6 Å². The van der Waals surface area contributed by atoms with Gasteiger partial charge in [-0.3, -0.25) is 10.1 Å². The normalized spacial score (nSPS) is 10.6. The van der Waals surface area contributed by atoms with Gasteiger partial charge in [0.15, 0.2) is 0 Å². The minimum Gasteiger partial charge on any atom is -0.312 e. The molecule has 1 heterocycles. The van der Waals surface area contributed by atoms with E-state index in [9.17, 15) is 10.1 Å². The summed E-state index contributed by atoms with van der Waals surface area (Å²) in [5.41, 5.74) is 3.87. The molecule has 0 atom stereocenters. The molecule has 0 aliphatic heterocycles. The number of nitrogens with zero attached hydrogens (tertiary/aromatic N) is 3. The number of pyridine rings is 1. The van der Waals surface area contributed by atoms with Crippen molar-refractivity contribution in [1.82, 2.24) is 15.4 Å². The van der Waals surface area contributed by atoms with Crippen LogP contribution in [0.2, 0.25) is 5.15 Å². The van der Waals surface area contributed by atoms with Crippen LogP contribution in [0, 0.1) is 10.1 Å². The van der Waals surface area contributed by atoms with Crippen LogP contribution < -0.4 is 5.43 Å². The summed E-state index contributed by atoms with van der Waals surface area (Å²) in [6, 6.07) is 3.51. The van der Waals surface area contributed by atoms with E-state index in [2.05, 4.69) is 10.4 Å². The predicted octanol–water partition coefficient (Wildman–Crippen LogP) is 1.42. The third-order valence-electron chi connectivity index (χ3n) is 1.73. The zero-order valence-electron chi connectivity index (χ0n) is 8.63. The van der Waals surface area contributed by atoms with Crippen molar-refractivity contribution in [2.24, 2.45) is 0 Å². The van der Waals surface area contributed by atoms with E-state index >= 15 is 0 Å². The Bertz CT molecular complexity index is 380. The van der Waals surface area contributed by atoms with Crippen LogP contribution in [-0.2, 0) is 6.54 Å². The maximum Gasteiger partial charge on any atom is 0.251 e. The molecule has 0 aliphatic carbocycles. The van der Waals surface area contributed by atoms with Gasteiger partial charge in [-0.15, -0.1) is 0 Å². The van der Waals surface area contributed by atoms with Crippen LogP contribution in [0.4, 0.5) is 0 Å². The van der Waals surface area contributed by atoms with Crippen LogP contribution >= 0.6 is 11.6 Å². The highest BCUT2D eigenvalue weighted by Crippen LogP contribution is 2.04. The highest BCUT2D eigenvalue weighted by Gasteiger charge is 1.96. The highest BCUT2D eigenvalue weighted by atomic mass is 35.5. The third kappa shape index (κ3) is 4.72. The molecule has 0 saturated carbocycles. The van der Waals surface area contributed by atoms with Crippen LogP contribution in [0.1, 0.15) is 5.56 Å². The Morgan fingerprint density at radius 2 is 2.44 bits per heavy atom. The molecule has 0 radical (unpaired) electrons. The first-order valence-electron chi connectivity index (χ1n) is 4.46. The maximum absolute atomic E-state index is 10.1. The summed E-state index contributed by atoms with van der Waals surface area (Å²) in [7, 11) is 1.67. The molecule has 0 fully saturated rings. The Labute approximate surface area is 97.7 Å². The minimum atomic E-state index is -0.526. The van der Waals surface area contributed by atoms with E-state index in [1.807, 2.05) is 6.07 Å². The van der Waals surface area contributed by atoms with E-state index in [1.165, 1.54) is 11.2 Å². The Kier molecular flexibility index (Phi) is 4.68.